The zero-order chi connectivity index (χ0) is 15.2. The highest BCUT2D eigenvalue weighted by molar-refractivity contribution is 8.00. The Kier molecular flexibility index (Phi) is 5.11. The van der Waals surface area contributed by atoms with Crippen molar-refractivity contribution in [2.75, 3.05) is 5.32 Å². The smallest absolute Gasteiger partial charge is 0.221 e. The third kappa shape index (κ3) is 4.43. The molecule has 1 N–H and O–H groups in total. The number of amides is 1. The number of nitrogens with one attached hydrogen (secondary N) is 1. The highest BCUT2D eigenvalue weighted by Gasteiger charge is 2.16. The fourth-order valence-corrected chi connectivity index (χ4v) is 2.69. The molecule has 1 amide bonds. The van der Waals surface area contributed by atoms with Crippen molar-refractivity contribution in [2.45, 2.75) is 24.1 Å². The summed E-state index contributed by atoms with van der Waals surface area (Å²) in [4.78, 5) is 27.5. The van der Waals surface area contributed by atoms with Gasteiger partial charge in [0, 0.05) is 24.4 Å². The molecule has 4 nitrogen and oxygen atoms in total. The molecule has 1 aromatic carbocycles. The Balaban J connectivity index is 2.03. The monoisotopic (exact) mass is 300 g/mol. The number of anilines is 1. The van der Waals surface area contributed by atoms with Crippen molar-refractivity contribution in [1.29, 1.82) is 0 Å². The van der Waals surface area contributed by atoms with Crippen molar-refractivity contribution in [3.8, 4) is 0 Å². The number of carbonyl (C=O) groups is 2. The maximum absolute atomic E-state index is 12.3. The number of hydrogen-bond acceptors (Lipinski definition) is 4. The molecule has 1 aromatic heterocycles. The number of aromatic nitrogens is 1. The van der Waals surface area contributed by atoms with Crippen LogP contribution in [0.4, 0.5) is 5.69 Å². The predicted molar refractivity (Wildman–Crippen MR) is 84.6 cm³/mol. The first kappa shape index (κ1) is 15.3. The van der Waals surface area contributed by atoms with E-state index in [1.54, 1.807) is 30.5 Å². The number of ketones is 1. The van der Waals surface area contributed by atoms with Crippen molar-refractivity contribution in [3.05, 3.63) is 54.2 Å². The van der Waals surface area contributed by atoms with Gasteiger partial charge in [-0.2, -0.15) is 0 Å². The van der Waals surface area contributed by atoms with Crippen LogP contribution in [0.2, 0.25) is 0 Å². The minimum atomic E-state index is -0.216. The Labute approximate surface area is 128 Å². The summed E-state index contributed by atoms with van der Waals surface area (Å²) in [6.45, 7) is 3.31. The van der Waals surface area contributed by atoms with Gasteiger partial charge in [-0.25, -0.2) is 4.98 Å². The van der Waals surface area contributed by atoms with E-state index < -0.39 is 0 Å². The van der Waals surface area contributed by atoms with Gasteiger partial charge in [0.25, 0.3) is 0 Å². The molecule has 0 spiro atoms. The quantitative estimate of drug-likeness (QED) is 0.679. The number of thioether (sulfide) groups is 1. The van der Waals surface area contributed by atoms with Gasteiger partial charge in [0.05, 0.1) is 10.3 Å². The molecule has 2 rings (SSSR count). The lowest BCUT2D eigenvalue weighted by Crippen LogP contribution is -2.14. The molecule has 0 fully saturated rings. The molecule has 5 heteroatoms. The third-order valence-electron chi connectivity index (χ3n) is 2.79. The average Bonchev–Trinajstić information content (AvgIpc) is 2.47. The molecule has 0 radical (unpaired) electrons. The van der Waals surface area contributed by atoms with Crippen LogP contribution in [0.1, 0.15) is 24.2 Å². The lowest BCUT2D eigenvalue weighted by Gasteiger charge is -2.10. The molecule has 0 saturated heterocycles. The summed E-state index contributed by atoms with van der Waals surface area (Å²) in [6.07, 6.45) is 1.71. The Morgan fingerprint density at radius 3 is 2.43 bits per heavy atom. The van der Waals surface area contributed by atoms with Gasteiger partial charge in [-0.15, -0.1) is 0 Å². The predicted octanol–water partition coefficient (Wildman–Crippen LogP) is 3.40. The van der Waals surface area contributed by atoms with E-state index in [1.165, 1.54) is 18.7 Å². The van der Waals surface area contributed by atoms with Gasteiger partial charge < -0.3 is 5.32 Å². The van der Waals surface area contributed by atoms with Crippen LogP contribution in [0.5, 0.6) is 0 Å². The largest absolute Gasteiger partial charge is 0.326 e. The molecule has 0 aliphatic carbocycles. The van der Waals surface area contributed by atoms with E-state index in [1.807, 2.05) is 25.1 Å². The number of Topliss-reactive ketones (excluding diaryl/α,β-unsaturated/α-hetero) is 1. The molecule has 108 valence electrons. The highest BCUT2D eigenvalue weighted by Crippen LogP contribution is 2.24. The number of benzene rings is 1. The van der Waals surface area contributed by atoms with Crippen molar-refractivity contribution in [1.82, 2.24) is 4.98 Å². The molecular formula is C16H16N2O2S. The molecule has 0 bridgehead atoms. The second kappa shape index (κ2) is 7.04. The van der Waals surface area contributed by atoms with Crippen LogP contribution in [0.15, 0.2) is 53.7 Å². The molecule has 0 saturated carbocycles. The summed E-state index contributed by atoms with van der Waals surface area (Å²) in [5, 5.41) is 3.29. The van der Waals surface area contributed by atoms with Crippen molar-refractivity contribution >= 4 is 29.1 Å². The fraction of sp³-hybridized carbons (Fsp3) is 0.188. The molecule has 1 heterocycles. The Morgan fingerprint density at radius 1 is 1.14 bits per heavy atom. The molecule has 0 aliphatic heterocycles. The maximum atomic E-state index is 12.3. The third-order valence-corrected chi connectivity index (χ3v) is 3.84. The van der Waals surface area contributed by atoms with Gasteiger partial charge in [-0.1, -0.05) is 17.8 Å². The van der Waals surface area contributed by atoms with Crippen LogP contribution >= 0.6 is 11.8 Å². The summed E-state index contributed by atoms with van der Waals surface area (Å²) in [5.41, 5.74) is 1.31. The standard InChI is InChI=1S/C16H16N2O2S/c1-11(21-15-5-3-4-10-17-15)16(20)13-6-8-14(9-7-13)18-12(2)19/h3-11H,1-2H3,(H,18,19). The van der Waals surface area contributed by atoms with Crippen LogP contribution in [0.25, 0.3) is 0 Å². The summed E-state index contributed by atoms with van der Waals surface area (Å²) >= 11 is 1.43. The molecule has 1 unspecified atom stereocenters. The Hall–Kier alpha value is -2.14. The summed E-state index contributed by atoms with van der Waals surface area (Å²) in [7, 11) is 0. The molecule has 0 aliphatic rings. The van der Waals surface area contributed by atoms with E-state index in [2.05, 4.69) is 10.3 Å². The van der Waals surface area contributed by atoms with E-state index >= 15 is 0 Å². The first-order valence-electron chi connectivity index (χ1n) is 6.56. The fourth-order valence-electron chi connectivity index (χ4n) is 1.81. The molecular weight excluding hydrogens is 284 g/mol. The zero-order valence-electron chi connectivity index (χ0n) is 11.9. The summed E-state index contributed by atoms with van der Waals surface area (Å²) in [6, 6.07) is 12.5. The normalized spacial score (nSPS) is 11.7. The second-order valence-electron chi connectivity index (χ2n) is 4.55. The highest BCUT2D eigenvalue weighted by atomic mass is 32.2. The second-order valence-corrected chi connectivity index (χ2v) is 5.91. The SMILES string of the molecule is CC(=O)Nc1ccc(C(=O)C(C)Sc2ccccn2)cc1. The van der Waals surface area contributed by atoms with Gasteiger partial charge in [-0.05, 0) is 43.3 Å². The number of hydrogen-bond donors (Lipinski definition) is 1. The lowest BCUT2D eigenvalue weighted by molar-refractivity contribution is -0.114. The topological polar surface area (TPSA) is 59.1 Å². The van der Waals surface area contributed by atoms with E-state index in [9.17, 15) is 9.59 Å². The number of nitrogens with zero attached hydrogens (tertiary/aromatic N) is 1. The van der Waals surface area contributed by atoms with Gasteiger partial charge in [0.15, 0.2) is 5.78 Å². The van der Waals surface area contributed by atoms with E-state index in [0.29, 0.717) is 11.3 Å². The van der Waals surface area contributed by atoms with Crippen LogP contribution in [-0.4, -0.2) is 21.9 Å². The molecule has 1 atom stereocenters. The van der Waals surface area contributed by atoms with Crippen LogP contribution < -0.4 is 5.32 Å². The van der Waals surface area contributed by atoms with E-state index in [-0.39, 0.29) is 16.9 Å². The van der Waals surface area contributed by atoms with Crippen LogP contribution in [-0.2, 0) is 4.79 Å². The number of pyridine rings is 1. The maximum Gasteiger partial charge on any atom is 0.221 e. The van der Waals surface area contributed by atoms with Gasteiger partial charge in [0.2, 0.25) is 5.91 Å². The Morgan fingerprint density at radius 2 is 1.86 bits per heavy atom. The number of rotatable bonds is 5. The van der Waals surface area contributed by atoms with Gasteiger partial charge in [0.1, 0.15) is 0 Å². The van der Waals surface area contributed by atoms with Crippen molar-refractivity contribution < 1.29 is 9.59 Å². The Bertz CT molecular complexity index is 626. The minimum Gasteiger partial charge on any atom is -0.326 e. The molecule has 21 heavy (non-hydrogen) atoms. The zero-order valence-corrected chi connectivity index (χ0v) is 12.7. The van der Waals surface area contributed by atoms with Crippen LogP contribution in [0, 0.1) is 0 Å². The first-order chi connectivity index (χ1) is 10.1. The molecule has 2 aromatic rings. The minimum absolute atomic E-state index is 0.0417. The summed E-state index contributed by atoms with van der Waals surface area (Å²) < 4.78 is 0. The van der Waals surface area contributed by atoms with Crippen molar-refractivity contribution in [2.24, 2.45) is 0 Å². The van der Waals surface area contributed by atoms with E-state index in [0.717, 1.165) is 5.03 Å². The van der Waals surface area contributed by atoms with E-state index in [4.69, 9.17) is 0 Å². The lowest BCUT2D eigenvalue weighted by atomic mass is 10.1. The average molecular weight is 300 g/mol. The first-order valence-corrected chi connectivity index (χ1v) is 7.44. The van der Waals surface area contributed by atoms with Gasteiger partial charge >= 0.3 is 0 Å². The number of carbonyl (C=O) groups excluding carboxylic acids is 2. The van der Waals surface area contributed by atoms with Crippen molar-refractivity contribution in [3.63, 3.8) is 0 Å². The summed E-state index contributed by atoms with van der Waals surface area (Å²) in [5.74, 6) is -0.0896. The van der Waals surface area contributed by atoms with Gasteiger partial charge in [-0.3, -0.25) is 9.59 Å². The van der Waals surface area contributed by atoms with Crippen LogP contribution in [0.3, 0.4) is 0 Å².